The number of unbranched alkanes of at least 4 members (excludes halogenated alkanes) is 1. The van der Waals surface area contributed by atoms with Gasteiger partial charge in [-0.2, -0.15) is 0 Å². The Morgan fingerprint density at radius 2 is 1.59 bits per heavy atom. The molecule has 0 bridgehead atoms. The minimum Gasteiger partial charge on any atom is -0.760 e. The number of amides is 3. The van der Waals surface area contributed by atoms with Gasteiger partial charge in [0.05, 0.1) is 24.5 Å². The molecule has 2 aliphatic rings. The first-order valence-corrected chi connectivity index (χ1v) is 17.6. The minimum atomic E-state index is -2.31. The van der Waals surface area contributed by atoms with Crippen LogP contribution in [0.15, 0.2) is 60.7 Å². The van der Waals surface area contributed by atoms with Crippen molar-refractivity contribution in [3.8, 4) is 11.5 Å². The van der Waals surface area contributed by atoms with Gasteiger partial charge in [0.1, 0.15) is 23.1 Å². The molecule has 11 nitrogen and oxygen atoms in total. The largest absolute Gasteiger partial charge is 0.760 e. The number of nitrogens with one attached hydrogen (secondary N) is 2. The molecule has 2 fully saturated rings. The molecule has 264 valence electrons. The summed E-state index contributed by atoms with van der Waals surface area (Å²) >= 11 is -2.31. The van der Waals surface area contributed by atoms with Crippen molar-refractivity contribution in [2.45, 2.75) is 51.7 Å². The number of urea groups is 1. The number of carbonyl (C=O) groups is 2. The van der Waals surface area contributed by atoms with Crippen LogP contribution in [0.4, 0.5) is 19.3 Å². The molecule has 2 saturated heterocycles. The highest BCUT2D eigenvalue weighted by Gasteiger charge is 2.29. The SMILES string of the molecule is CCCCN(C(=O)Nc1cc(C(=O)N2CCOCC2)c(F)cc1F)C1CCN(Cc2ccc(Oc3ccc(CNS(=O)[O-])cc3)cc2)CC1. The molecule has 0 radical (unpaired) electrons. The number of piperidine rings is 1. The van der Waals surface area contributed by atoms with Crippen molar-refractivity contribution in [2.24, 2.45) is 0 Å². The van der Waals surface area contributed by atoms with Crippen LogP contribution in [0.3, 0.4) is 0 Å². The standard InChI is InChI=1S/C35H43F2N5O6S/c1-2-3-14-42(35(44)39-33-21-30(31(36)22-32(33)37)34(43)41-17-19-47-20-18-41)27-12-15-40(16-13-27)24-26-6-10-29(11-7-26)48-28-8-4-25(5-9-28)23-38-49(45)46/h4-11,21-22,27,38H,2-3,12-20,23-24H2,1H3,(H,39,44)(H,45,46)/p-1. The van der Waals surface area contributed by atoms with Crippen molar-refractivity contribution in [2.75, 3.05) is 51.3 Å². The van der Waals surface area contributed by atoms with E-state index in [1.54, 1.807) is 29.2 Å². The summed E-state index contributed by atoms with van der Waals surface area (Å²) in [5, 5.41) is 2.63. The molecule has 2 heterocycles. The van der Waals surface area contributed by atoms with Crippen molar-refractivity contribution >= 4 is 28.9 Å². The van der Waals surface area contributed by atoms with Gasteiger partial charge in [0.2, 0.25) is 0 Å². The number of carbonyl (C=O) groups excluding carboxylic acids is 2. The molecular formula is C35H42F2N5O6S-. The lowest BCUT2D eigenvalue weighted by Gasteiger charge is -2.38. The number of rotatable bonds is 13. The summed E-state index contributed by atoms with van der Waals surface area (Å²) in [7, 11) is 0. The van der Waals surface area contributed by atoms with E-state index >= 15 is 0 Å². The molecule has 2 N–H and O–H groups in total. The Kier molecular flexibility index (Phi) is 13.1. The molecule has 2 aliphatic heterocycles. The molecule has 0 aliphatic carbocycles. The number of benzene rings is 3. The van der Waals surface area contributed by atoms with E-state index < -0.39 is 34.8 Å². The number of ether oxygens (including phenoxy) is 2. The van der Waals surface area contributed by atoms with Gasteiger partial charge in [-0.1, -0.05) is 37.6 Å². The highest BCUT2D eigenvalue weighted by molar-refractivity contribution is 7.77. The van der Waals surface area contributed by atoms with E-state index in [4.69, 9.17) is 9.47 Å². The van der Waals surface area contributed by atoms with Crippen LogP contribution in [0.5, 0.6) is 11.5 Å². The quantitative estimate of drug-likeness (QED) is 0.229. The number of nitrogens with zero attached hydrogens (tertiary/aromatic N) is 3. The third-order valence-electron chi connectivity index (χ3n) is 8.72. The van der Waals surface area contributed by atoms with Crippen molar-refractivity contribution in [1.29, 1.82) is 0 Å². The number of hydrogen-bond acceptors (Lipinski definition) is 7. The van der Waals surface area contributed by atoms with Crippen LogP contribution < -0.4 is 14.8 Å². The van der Waals surface area contributed by atoms with Crippen LogP contribution >= 0.6 is 0 Å². The van der Waals surface area contributed by atoms with Crippen molar-refractivity contribution in [1.82, 2.24) is 19.4 Å². The first-order valence-electron chi connectivity index (χ1n) is 16.5. The van der Waals surface area contributed by atoms with E-state index in [-0.39, 0.29) is 23.8 Å². The first kappa shape index (κ1) is 36.3. The fourth-order valence-corrected chi connectivity index (χ4v) is 6.26. The Bertz CT molecular complexity index is 1580. The molecule has 0 aromatic heterocycles. The molecule has 14 heteroatoms. The summed E-state index contributed by atoms with van der Waals surface area (Å²) in [5.41, 5.74) is 1.43. The fraction of sp³-hybridized carbons (Fsp3) is 0.429. The Hall–Kier alpha value is -3.95. The van der Waals surface area contributed by atoms with Crippen molar-refractivity contribution < 1.29 is 36.6 Å². The molecule has 5 rings (SSSR count). The maximum atomic E-state index is 14.9. The van der Waals surface area contributed by atoms with E-state index in [1.807, 2.05) is 31.2 Å². The molecule has 1 atom stereocenters. The summed E-state index contributed by atoms with van der Waals surface area (Å²) in [6, 6.07) is 16.2. The minimum absolute atomic E-state index is 0.0545. The molecule has 1 unspecified atom stereocenters. The molecular weight excluding hydrogens is 656 g/mol. The van der Waals surface area contributed by atoms with Crippen LogP contribution in [0.2, 0.25) is 0 Å². The van der Waals surface area contributed by atoms with Gasteiger partial charge in [0, 0.05) is 69.2 Å². The average Bonchev–Trinajstić information content (AvgIpc) is 3.11. The van der Waals surface area contributed by atoms with Crippen LogP contribution in [-0.2, 0) is 29.1 Å². The molecule has 3 amide bonds. The maximum Gasteiger partial charge on any atom is 0.322 e. The lowest BCUT2D eigenvalue weighted by atomic mass is 10.0. The maximum absolute atomic E-state index is 14.9. The second-order valence-electron chi connectivity index (χ2n) is 12.1. The van der Waals surface area contributed by atoms with E-state index in [0.717, 1.165) is 62.5 Å². The Morgan fingerprint density at radius 3 is 2.20 bits per heavy atom. The third-order valence-corrected chi connectivity index (χ3v) is 9.10. The van der Waals surface area contributed by atoms with Crippen molar-refractivity contribution in [3.63, 3.8) is 0 Å². The highest BCUT2D eigenvalue weighted by atomic mass is 32.2. The van der Waals surface area contributed by atoms with Gasteiger partial charge in [-0.3, -0.25) is 13.9 Å². The van der Waals surface area contributed by atoms with Crippen molar-refractivity contribution in [3.05, 3.63) is 89.0 Å². The van der Waals surface area contributed by atoms with Crippen LogP contribution in [0.1, 0.15) is 54.1 Å². The second-order valence-corrected chi connectivity index (χ2v) is 12.9. The van der Waals surface area contributed by atoms with Gasteiger partial charge in [-0.05, 0) is 60.7 Å². The predicted molar refractivity (Wildman–Crippen MR) is 181 cm³/mol. The Balaban J connectivity index is 1.14. The van der Waals surface area contributed by atoms with E-state index in [2.05, 4.69) is 14.9 Å². The smallest absolute Gasteiger partial charge is 0.322 e. The third kappa shape index (κ3) is 10.3. The molecule has 0 saturated carbocycles. The number of likely N-dealkylation sites (tertiary alicyclic amines) is 1. The van der Waals surface area contributed by atoms with Gasteiger partial charge in [0.25, 0.3) is 5.91 Å². The zero-order valence-electron chi connectivity index (χ0n) is 27.5. The predicted octanol–water partition coefficient (Wildman–Crippen LogP) is 5.41. The zero-order chi connectivity index (χ0) is 34.8. The number of morpholine rings is 1. The Labute approximate surface area is 288 Å². The van der Waals surface area contributed by atoms with Gasteiger partial charge in [-0.25, -0.2) is 18.3 Å². The summed E-state index contributed by atoms with van der Waals surface area (Å²) in [5.74, 6) is -1.15. The monoisotopic (exact) mass is 698 g/mol. The second kappa shape index (κ2) is 17.6. The lowest BCUT2D eigenvalue weighted by molar-refractivity contribution is 0.0300. The number of halogens is 2. The summed E-state index contributed by atoms with van der Waals surface area (Å²) in [6.45, 7) is 6.33. The summed E-state index contributed by atoms with van der Waals surface area (Å²) in [4.78, 5) is 32.0. The van der Waals surface area contributed by atoms with Crippen LogP contribution in [0, 0.1) is 11.6 Å². The molecule has 0 spiro atoms. The highest BCUT2D eigenvalue weighted by Crippen LogP contribution is 2.26. The van der Waals surface area contributed by atoms with Gasteiger partial charge >= 0.3 is 6.03 Å². The summed E-state index contributed by atoms with van der Waals surface area (Å²) in [6.07, 6.45) is 3.13. The lowest BCUT2D eigenvalue weighted by Crippen LogP contribution is -2.49. The van der Waals surface area contributed by atoms with Gasteiger partial charge in [0.15, 0.2) is 0 Å². The number of anilines is 1. The normalized spacial score (nSPS) is 16.3. The van der Waals surface area contributed by atoms with E-state index in [1.165, 1.54) is 4.90 Å². The fourth-order valence-electron chi connectivity index (χ4n) is 5.97. The Morgan fingerprint density at radius 1 is 0.959 bits per heavy atom. The zero-order valence-corrected chi connectivity index (χ0v) is 28.3. The topological polar surface area (TPSA) is 127 Å². The first-order chi connectivity index (χ1) is 23.7. The van der Waals surface area contributed by atoms with E-state index in [0.29, 0.717) is 50.4 Å². The molecule has 49 heavy (non-hydrogen) atoms. The van der Waals surface area contributed by atoms with Gasteiger partial charge < -0.3 is 29.1 Å². The molecule has 3 aromatic carbocycles. The van der Waals surface area contributed by atoms with Crippen LogP contribution in [0.25, 0.3) is 0 Å². The average molecular weight is 699 g/mol. The van der Waals surface area contributed by atoms with Crippen LogP contribution in [-0.4, -0.2) is 87.4 Å². The van der Waals surface area contributed by atoms with Gasteiger partial charge in [-0.15, -0.1) is 0 Å². The molecule has 3 aromatic rings. The van der Waals surface area contributed by atoms with E-state index in [9.17, 15) is 27.1 Å². The summed E-state index contributed by atoms with van der Waals surface area (Å²) < 4.78 is 64.4. The number of hydrogen-bond donors (Lipinski definition) is 2.